The van der Waals surface area contributed by atoms with Crippen molar-refractivity contribution in [2.45, 2.75) is 63.7 Å². The zero-order valence-electron chi connectivity index (χ0n) is 17.1. The van der Waals surface area contributed by atoms with E-state index in [-0.39, 0.29) is 0 Å². The smallest absolute Gasteiger partial charge is 0.121 e. The molecular weight excluding hydrogens is 346 g/mol. The molecule has 0 spiro atoms. The van der Waals surface area contributed by atoms with Crippen molar-refractivity contribution in [1.29, 1.82) is 5.26 Å². The molecule has 5 heteroatoms. The third-order valence-electron chi connectivity index (χ3n) is 7.77. The number of aromatic nitrogens is 1. The first kappa shape index (κ1) is 18.2. The second-order valence-corrected chi connectivity index (χ2v) is 9.68. The molecule has 2 aromatic rings. The van der Waals surface area contributed by atoms with Crippen LogP contribution in [-0.2, 0) is 13.1 Å². The van der Waals surface area contributed by atoms with Gasteiger partial charge >= 0.3 is 0 Å². The van der Waals surface area contributed by atoms with Crippen molar-refractivity contribution in [1.82, 2.24) is 14.8 Å². The maximum Gasteiger partial charge on any atom is 0.121 e. The van der Waals surface area contributed by atoms with E-state index in [2.05, 4.69) is 53.0 Å². The zero-order valence-corrected chi connectivity index (χ0v) is 17.1. The van der Waals surface area contributed by atoms with Crippen LogP contribution in [0, 0.1) is 23.7 Å². The number of nitrogens with zero attached hydrogens (tertiary/aromatic N) is 3. The van der Waals surface area contributed by atoms with Crippen molar-refractivity contribution in [3.8, 4) is 6.07 Å². The number of benzene rings is 1. The molecule has 0 atom stereocenters. The first-order valence-electron chi connectivity index (χ1n) is 10.7. The van der Waals surface area contributed by atoms with Crippen molar-refractivity contribution in [2.75, 3.05) is 20.1 Å². The zero-order chi connectivity index (χ0) is 19.5. The summed E-state index contributed by atoms with van der Waals surface area (Å²) in [5.74, 6) is 0. The Morgan fingerprint density at radius 3 is 2.61 bits per heavy atom. The summed E-state index contributed by atoms with van der Waals surface area (Å²) in [6.07, 6.45) is 5.92. The van der Waals surface area contributed by atoms with Gasteiger partial charge in [0.1, 0.15) is 11.8 Å². The molecule has 4 fully saturated rings. The first-order valence-corrected chi connectivity index (χ1v) is 10.7. The minimum absolute atomic E-state index is 0.367. The van der Waals surface area contributed by atoms with Crippen LogP contribution in [0.1, 0.15) is 48.9 Å². The second-order valence-electron chi connectivity index (χ2n) is 9.68. The summed E-state index contributed by atoms with van der Waals surface area (Å²) in [6.45, 7) is 6.34. The van der Waals surface area contributed by atoms with Crippen LogP contribution in [-0.4, -0.2) is 41.2 Å². The Kier molecular flexibility index (Phi) is 4.10. The highest BCUT2D eigenvalue weighted by atomic mass is 15.1. The van der Waals surface area contributed by atoms with Gasteiger partial charge in [0.25, 0.3) is 0 Å². The van der Waals surface area contributed by atoms with Gasteiger partial charge in [-0.1, -0.05) is 6.07 Å². The van der Waals surface area contributed by atoms with Gasteiger partial charge in [-0.05, 0) is 87.8 Å². The molecule has 28 heavy (non-hydrogen) atoms. The number of likely N-dealkylation sites (tertiary alicyclic amines) is 1. The van der Waals surface area contributed by atoms with Crippen LogP contribution in [0.2, 0.25) is 0 Å². The van der Waals surface area contributed by atoms with E-state index < -0.39 is 0 Å². The Balaban J connectivity index is 1.41. The molecule has 3 aliphatic carbocycles. The van der Waals surface area contributed by atoms with Gasteiger partial charge in [0.15, 0.2) is 0 Å². The summed E-state index contributed by atoms with van der Waals surface area (Å²) >= 11 is 0. The van der Waals surface area contributed by atoms with Gasteiger partial charge in [-0.3, -0.25) is 4.90 Å². The quantitative estimate of drug-likeness (QED) is 0.841. The number of nitrogens with two attached hydrogens (primary N) is 1. The number of nitriles is 1. The highest BCUT2D eigenvalue weighted by Gasteiger charge is 2.67. The van der Waals surface area contributed by atoms with Crippen molar-refractivity contribution in [3.05, 3.63) is 35.0 Å². The predicted octanol–water partition coefficient (Wildman–Crippen LogP) is 2.89. The Hall–Kier alpha value is -1.87. The van der Waals surface area contributed by atoms with Crippen molar-refractivity contribution in [2.24, 2.45) is 11.1 Å². The van der Waals surface area contributed by atoms with Crippen molar-refractivity contribution >= 4 is 10.9 Å². The molecule has 3 saturated carbocycles. The number of piperidine rings is 1. The third kappa shape index (κ3) is 2.70. The topological polar surface area (TPSA) is 70.0 Å². The van der Waals surface area contributed by atoms with Crippen LogP contribution in [0.5, 0.6) is 0 Å². The van der Waals surface area contributed by atoms with E-state index in [4.69, 9.17) is 5.73 Å². The lowest BCUT2D eigenvalue weighted by Crippen LogP contribution is -2.74. The molecule has 0 unspecified atom stereocenters. The SMILES string of the molecule is CNC12CC(Cn3c(C#N)cc4c(C)c(CN5CCC(N)CC5)ccc43)(C1)C2. The lowest BCUT2D eigenvalue weighted by Gasteiger charge is -2.71. The number of rotatable bonds is 5. The van der Waals surface area contributed by atoms with Gasteiger partial charge in [0, 0.05) is 35.6 Å². The number of fused-ring (bicyclic) bond motifs is 1. The minimum atomic E-state index is 0.367. The standard InChI is InChI=1S/C23H31N5/c1-16-17(11-27-7-5-18(25)6-8-27)3-4-21-20(16)9-19(10-24)28(21)15-22-12-23(13-22,14-22)26-2/h3-4,9,18,26H,5-8,11-15,25H2,1-2H3. The molecule has 1 aliphatic heterocycles. The fourth-order valence-corrected chi connectivity index (χ4v) is 6.07. The molecule has 2 heterocycles. The van der Waals surface area contributed by atoms with Gasteiger partial charge < -0.3 is 15.6 Å². The van der Waals surface area contributed by atoms with E-state index in [1.807, 2.05) is 0 Å². The van der Waals surface area contributed by atoms with Gasteiger partial charge in [0.05, 0.1) is 0 Å². The van der Waals surface area contributed by atoms with Gasteiger partial charge in [-0.25, -0.2) is 0 Å². The third-order valence-corrected chi connectivity index (χ3v) is 7.77. The molecule has 0 amide bonds. The summed E-state index contributed by atoms with van der Waals surface area (Å²) in [6, 6.07) is 9.45. The average molecular weight is 378 g/mol. The van der Waals surface area contributed by atoms with Gasteiger partial charge in [0.2, 0.25) is 0 Å². The lowest BCUT2D eigenvalue weighted by atomic mass is 9.39. The number of hydrogen-bond donors (Lipinski definition) is 2. The number of hydrogen-bond acceptors (Lipinski definition) is 4. The number of aryl methyl sites for hydroxylation is 1. The van der Waals surface area contributed by atoms with E-state index in [0.29, 0.717) is 17.0 Å². The van der Waals surface area contributed by atoms with Crippen LogP contribution >= 0.6 is 0 Å². The Bertz CT molecular complexity index is 938. The predicted molar refractivity (Wildman–Crippen MR) is 112 cm³/mol. The largest absolute Gasteiger partial charge is 0.332 e. The van der Waals surface area contributed by atoms with E-state index in [1.54, 1.807) is 0 Å². The highest BCUT2D eigenvalue weighted by Crippen LogP contribution is 2.67. The molecular formula is C23H31N5. The fourth-order valence-electron chi connectivity index (χ4n) is 6.07. The minimum Gasteiger partial charge on any atom is -0.332 e. The van der Waals surface area contributed by atoms with Crippen molar-refractivity contribution < 1.29 is 0 Å². The molecule has 4 aliphatic rings. The van der Waals surface area contributed by atoms with Crippen LogP contribution in [0.25, 0.3) is 10.9 Å². The molecule has 6 rings (SSSR count). The van der Waals surface area contributed by atoms with E-state index in [0.717, 1.165) is 44.7 Å². The maximum atomic E-state index is 9.76. The molecule has 1 saturated heterocycles. The number of nitrogens with one attached hydrogen (secondary N) is 1. The molecule has 148 valence electrons. The van der Waals surface area contributed by atoms with Gasteiger partial charge in [-0.2, -0.15) is 5.26 Å². The Labute approximate surface area is 167 Å². The van der Waals surface area contributed by atoms with E-state index >= 15 is 0 Å². The molecule has 2 bridgehead atoms. The van der Waals surface area contributed by atoms with E-state index in [9.17, 15) is 5.26 Å². The van der Waals surface area contributed by atoms with Crippen LogP contribution in [0.15, 0.2) is 18.2 Å². The van der Waals surface area contributed by atoms with E-state index in [1.165, 1.54) is 41.3 Å². The molecule has 5 nitrogen and oxygen atoms in total. The lowest BCUT2D eigenvalue weighted by molar-refractivity contribution is -0.159. The van der Waals surface area contributed by atoms with Crippen LogP contribution in [0.4, 0.5) is 0 Å². The van der Waals surface area contributed by atoms with Crippen LogP contribution in [0.3, 0.4) is 0 Å². The molecule has 1 aromatic carbocycles. The normalized spacial score (nSPS) is 30.1. The highest BCUT2D eigenvalue weighted by molar-refractivity contribution is 5.86. The summed E-state index contributed by atoms with van der Waals surface area (Å²) in [5.41, 5.74) is 11.6. The fraction of sp³-hybridized carbons (Fsp3) is 0.609. The van der Waals surface area contributed by atoms with Crippen LogP contribution < -0.4 is 11.1 Å². The summed E-state index contributed by atoms with van der Waals surface area (Å²) in [7, 11) is 2.08. The molecule has 0 radical (unpaired) electrons. The Morgan fingerprint density at radius 2 is 1.96 bits per heavy atom. The average Bonchev–Trinajstić information content (AvgIpc) is 2.99. The molecule has 1 aromatic heterocycles. The van der Waals surface area contributed by atoms with Crippen molar-refractivity contribution in [3.63, 3.8) is 0 Å². The monoisotopic (exact) mass is 377 g/mol. The first-order chi connectivity index (χ1) is 13.5. The summed E-state index contributed by atoms with van der Waals surface area (Å²) < 4.78 is 2.28. The summed E-state index contributed by atoms with van der Waals surface area (Å²) in [4.78, 5) is 2.51. The Morgan fingerprint density at radius 1 is 1.25 bits per heavy atom. The molecule has 3 N–H and O–H groups in total. The van der Waals surface area contributed by atoms with Gasteiger partial charge in [-0.15, -0.1) is 0 Å². The summed E-state index contributed by atoms with van der Waals surface area (Å²) in [5, 5.41) is 14.5. The maximum absolute atomic E-state index is 9.76. The second kappa shape index (κ2) is 6.32.